The van der Waals surface area contributed by atoms with Crippen LogP contribution in [0, 0.1) is 4.84 Å². The van der Waals surface area contributed by atoms with Crippen LogP contribution in [0.3, 0.4) is 0 Å². The Morgan fingerprint density at radius 2 is 2.39 bits per heavy atom. The van der Waals surface area contributed by atoms with Crippen molar-refractivity contribution in [2.75, 3.05) is 5.32 Å². The average Bonchev–Trinajstić information content (AvgIpc) is 2.90. The normalized spacial score (nSPS) is 10.9. The fourth-order valence-corrected chi connectivity index (χ4v) is 2.73. The van der Waals surface area contributed by atoms with Crippen LogP contribution in [0.25, 0.3) is 11.1 Å². The van der Waals surface area contributed by atoms with Crippen molar-refractivity contribution in [2.24, 2.45) is 0 Å². The lowest BCUT2D eigenvalue weighted by Gasteiger charge is -2.03. The van der Waals surface area contributed by atoms with Gasteiger partial charge < -0.3 is 14.7 Å². The first-order valence-corrected chi connectivity index (χ1v) is 6.78. The quantitative estimate of drug-likeness (QED) is 0.711. The van der Waals surface area contributed by atoms with Gasteiger partial charge in [-0.15, -0.1) is 11.3 Å². The van der Waals surface area contributed by atoms with Crippen LogP contribution < -0.4 is 5.32 Å². The maximum Gasteiger partial charge on any atom is 0.266 e. The number of aromatic nitrogens is 2. The fraction of sp³-hybridized carbons (Fsp3) is 0.0909. The number of hydrogen-bond acceptors (Lipinski definition) is 5. The van der Waals surface area contributed by atoms with Crippen LogP contribution in [0.4, 0.5) is 5.69 Å². The number of hydrogen-bond donors (Lipinski definition) is 2. The Morgan fingerprint density at radius 1 is 1.50 bits per heavy atom. The van der Waals surface area contributed by atoms with Crippen LogP contribution in [0.1, 0.15) is 4.88 Å². The SMILES string of the molecule is S=c1[nH]c2ccc(NCc3cnc(Cl)s3)cc2o1. The third-order valence-electron chi connectivity index (χ3n) is 2.41. The van der Waals surface area contributed by atoms with Crippen molar-refractivity contribution < 1.29 is 4.42 Å². The smallest absolute Gasteiger partial charge is 0.266 e. The van der Waals surface area contributed by atoms with E-state index in [4.69, 9.17) is 28.2 Å². The van der Waals surface area contributed by atoms with Gasteiger partial charge in [-0.1, -0.05) is 11.6 Å². The molecular weight excluding hydrogens is 290 g/mol. The Labute approximate surface area is 117 Å². The van der Waals surface area contributed by atoms with Gasteiger partial charge in [-0.3, -0.25) is 0 Å². The average molecular weight is 298 g/mol. The van der Waals surface area contributed by atoms with Crippen molar-refractivity contribution >= 4 is 51.9 Å². The number of fused-ring (bicyclic) bond motifs is 1. The van der Waals surface area contributed by atoms with Gasteiger partial charge in [0.15, 0.2) is 10.0 Å². The molecule has 0 fully saturated rings. The first kappa shape index (κ1) is 11.7. The molecule has 2 heterocycles. The zero-order valence-electron chi connectivity index (χ0n) is 9.07. The van der Waals surface area contributed by atoms with Gasteiger partial charge >= 0.3 is 0 Å². The second kappa shape index (κ2) is 4.72. The minimum absolute atomic E-state index is 0.386. The molecule has 0 atom stereocenters. The van der Waals surface area contributed by atoms with Gasteiger partial charge in [0.25, 0.3) is 4.84 Å². The Hall–Kier alpha value is -1.37. The molecule has 18 heavy (non-hydrogen) atoms. The van der Waals surface area contributed by atoms with Crippen molar-refractivity contribution in [3.05, 3.63) is 38.6 Å². The molecule has 0 aliphatic carbocycles. The van der Waals surface area contributed by atoms with Gasteiger partial charge in [-0.2, -0.15) is 0 Å². The first-order chi connectivity index (χ1) is 8.70. The summed E-state index contributed by atoms with van der Waals surface area (Å²) < 4.78 is 5.91. The summed E-state index contributed by atoms with van der Waals surface area (Å²) in [5.41, 5.74) is 2.60. The molecule has 0 aliphatic rings. The first-order valence-electron chi connectivity index (χ1n) is 5.18. The monoisotopic (exact) mass is 297 g/mol. The van der Waals surface area contributed by atoms with Crippen molar-refractivity contribution in [1.82, 2.24) is 9.97 Å². The van der Waals surface area contributed by atoms with E-state index in [9.17, 15) is 0 Å². The molecule has 0 saturated heterocycles. The van der Waals surface area contributed by atoms with E-state index < -0.39 is 0 Å². The molecule has 7 heteroatoms. The third kappa shape index (κ3) is 2.40. The Kier molecular flexibility index (Phi) is 3.07. The zero-order chi connectivity index (χ0) is 12.5. The Balaban J connectivity index is 1.80. The second-order valence-corrected chi connectivity index (χ2v) is 5.73. The number of aromatic amines is 1. The highest BCUT2D eigenvalue weighted by atomic mass is 35.5. The van der Waals surface area contributed by atoms with Gasteiger partial charge in [0.2, 0.25) is 0 Å². The molecular formula is C11H8ClN3OS2. The summed E-state index contributed by atoms with van der Waals surface area (Å²) in [6.45, 7) is 0.682. The molecule has 0 saturated carbocycles. The molecule has 0 radical (unpaired) electrons. The van der Waals surface area contributed by atoms with Crippen LogP contribution in [-0.4, -0.2) is 9.97 Å². The van der Waals surface area contributed by atoms with Gasteiger partial charge in [-0.25, -0.2) is 4.98 Å². The molecule has 0 unspecified atom stereocenters. The minimum atomic E-state index is 0.386. The largest absolute Gasteiger partial charge is 0.429 e. The van der Waals surface area contributed by atoms with Crippen molar-refractivity contribution in [1.29, 1.82) is 0 Å². The van der Waals surface area contributed by atoms with Crippen LogP contribution >= 0.6 is 35.2 Å². The topological polar surface area (TPSA) is 53.9 Å². The number of anilines is 1. The predicted molar refractivity (Wildman–Crippen MR) is 75.8 cm³/mol. The number of benzene rings is 1. The lowest BCUT2D eigenvalue weighted by atomic mass is 10.3. The summed E-state index contributed by atoms with van der Waals surface area (Å²) in [4.78, 5) is 8.41. The summed E-state index contributed by atoms with van der Waals surface area (Å²) >= 11 is 12.2. The van der Waals surface area contributed by atoms with Crippen LogP contribution in [0.5, 0.6) is 0 Å². The van der Waals surface area contributed by atoms with Gasteiger partial charge in [0, 0.05) is 22.8 Å². The standard InChI is InChI=1S/C11H8ClN3OS2/c12-10-14-5-7(18-10)4-13-6-1-2-8-9(3-6)16-11(17)15-8/h1-3,5,13H,4H2,(H,15,17). The highest BCUT2D eigenvalue weighted by Crippen LogP contribution is 2.21. The molecule has 92 valence electrons. The molecule has 0 spiro atoms. The molecule has 0 bridgehead atoms. The minimum Gasteiger partial charge on any atom is -0.429 e. The summed E-state index contributed by atoms with van der Waals surface area (Å²) in [5.74, 6) is 0. The van der Waals surface area contributed by atoms with E-state index in [1.54, 1.807) is 6.20 Å². The number of rotatable bonds is 3. The van der Waals surface area contributed by atoms with E-state index in [-0.39, 0.29) is 0 Å². The van der Waals surface area contributed by atoms with Gasteiger partial charge in [-0.05, 0) is 24.4 Å². The molecule has 1 aromatic carbocycles. The van der Waals surface area contributed by atoms with Crippen LogP contribution in [0.2, 0.25) is 4.47 Å². The highest BCUT2D eigenvalue weighted by molar-refractivity contribution is 7.71. The molecule has 0 aliphatic heterocycles. The van der Waals surface area contributed by atoms with Gasteiger partial charge in [0.1, 0.15) is 0 Å². The summed E-state index contributed by atoms with van der Waals surface area (Å²) in [6.07, 6.45) is 1.76. The summed E-state index contributed by atoms with van der Waals surface area (Å²) in [6, 6.07) is 5.80. The summed E-state index contributed by atoms with van der Waals surface area (Å²) in [5, 5.41) is 3.28. The number of oxazole rings is 1. The number of nitrogens with one attached hydrogen (secondary N) is 2. The van der Waals surface area contributed by atoms with Gasteiger partial charge in [0.05, 0.1) is 12.1 Å². The molecule has 0 amide bonds. The van der Waals surface area contributed by atoms with E-state index in [2.05, 4.69) is 15.3 Å². The fourth-order valence-electron chi connectivity index (χ4n) is 1.61. The van der Waals surface area contributed by atoms with E-state index in [1.165, 1.54) is 11.3 Å². The Morgan fingerprint density at radius 3 is 3.17 bits per heavy atom. The molecule has 2 N–H and O–H groups in total. The Bertz CT molecular complexity index is 746. The molecule has 4 nitrogen and oxygen atoms in total. The number of nitrogens with zero attached hydrogens (tertiary/aromatic N) is 1. The lowest BCUT2D eigenvalue weighted by Crippen LogP contribution is -1.96. The van der Waals surface area contributed by atoms with E-state index in [0.29, 0.717) is 15.8 Å². The van der Waals surface area contributed by atoms with E-state index in [0.717, 1.165) is 21.7 Å². The van der Waals surface area contributed by atoms with Crippen LogP contribution in [-0.2, 0) is 6.54 Å². The number of H-pyrrole nitrogens is 1. The summed E-state index contributed by atoms with van der Waals surface area (Å²) in [7, 11) is 0. The van der Waals surface area contributed by atoms with Crippen LogP contribution in [0.15, 0.2) is 28.8 Å². The zero-order valence-corrected chi connectivity index (χ0v) is 11.5. The number of halogens is 1. The van der Waals surface area contributed by atoms with Crippen molar-refractivity contribution in [3.63, 3.8) is 0 Å². The van der Waals surface area contributed by atoms with E-state index >= 15 is 0 Å². The highest BCUT2D eigenvalue weighted by Gasteiger charge is 2.02. The van der Waals surface area contributed by atoms with Crippen molar-refractivity contribution in [2.45, 2.75) is 6.54 Å². The third-order valence-corrected chi connectivity index (χ3v) is 3.71. The maximum absolute atomic E-state index is 5.77. The number of thiazole rings is 1. The second-order valence-electron chi connectivity index (χ2n) is 3.66. The molecule has 3 rings (SSSR count). The van der Waals surface area contributed by atoms with E-state index in [1.807, 2.05) is 18.2 Å². The predicted octanol–water partition coefficient (Wildman–Crippen LogP) is 4.21. The maximum atomic E-state index is 5.77. The van der Waals surface area contributed by atoms with Crippen molar-refractivity contribution in [3.8, 4) is 0 Å². The molecule has 3 aromatic rings. The molecule has 2 aromatic heterocycles. The lowest BCUT2D eigenvalue weighted by molar-refractivity contribution is 0.583.